The van der Waals surface area contributed by atoms with Crippen LogP contribution in [0.3, 0.4) is 0 Å². The summed E-state index contributed by atoms with van der Waals surface area (Å²) in [5.74, 6) is 0. The Bertz CT molecular complexity index is 237. The summed E-state index contributed by atoms with van der Waals surface area (Å²) in [5.41, 5.74) is -0.804. The first-order chi connectivity index (χ1) is 5.00. The molecule has 0 amide bonds. The van der Waals surface area contributed by atoms with Crippen molar-refractivity contribution < 1.29 is 13.2 Å². The molecule has 59 valence electrons. The molecule has 0 bridgehead atoms. The zero-order valence-corrected chi connectivity index (χ0v) is 6.00. The summed E-state index contributed by atoms with van der Waals surface area (Å²) >= 11 is 5.36. The van der Waals surface area contributed by atoms with Gasteiger partial charge < -0.3 is 0 Å². The van der Waals surface area contributed by atoms with Crippen LogP contribution in [0.25, 0.3) is 0 Å². The minimum Gasteiger partial charge on any atom is -0.166 e. The lowest BCUT2D eigenvalue weighted by atomic mass is 10.2. The molecular weight excluding hydrogens is 177 g/mol. The van der Waals surface area contributed by atoms with Gasteiger partial charge in [-0.25, -0.2) is 0 Å². The van der Waals surface area contributed by atoms with Crippen molar-refractivity contribution in [2.75, 3.05) is 0 Å². The van der Waals surface area contributed by atoms with Crippen molar-refractivity contribution >= 4 is 11.6 Å². The maximum absolute atomic E-state index is 11.8. The van der Waals surface area contributed by atoms with Crippen LogP contribution >= 0.6 is 11.6 Å². The zero-order chi connectivity index (χ0) is 8.48. The molecular formula is C7H3ClF3. The lowest BCUT2D eigenvalue weighted by molar-refractivity contribution is -0.137. The van der Waals surface area contributed by atoms with Gasteiger partial charge in [0, 0.05) is 5.02 Å². The summed E-state index contributed by atoms with van der Waals surface area (Å²) in [7, 11) is 0. The van der Waals surface area contributed by atoms with Gasteiger partial charge in [-0.2, -0.15) is 13.2 Å². The van der Waals surface area contributed by atoms with Crippen LogP contribution in [0.4, 0.5) is 13.2 Å². The Labute approximate surface area is 66.6 Å². The summed E-state index contributed by atoms with van der Waals surface area (Å²) in [6, 6.07) is 5.18. The number of rotatable bonds is 0. The molecule has 0 saturated carbocycles. The Morgan fingerprint density at radius 3 is 2.27 bits per heavy atom. The highest BCUT2D eigenvalue weighted by molar-refractivity contribution is 6.30. The Hall–Kier alpha value is -0.700. The average Bonchev–Trinajstić information content (AvgIpc) is 1.86. The molecule has 1 rings (SSSR count). The lowest BCUT2D eigenvalue weighted by Crippen LogP contribution is -2.03. The molecule has 0 N–H and O–H groups in total. The van der Waals surface area contributed by atoms with Gasteiger partial charge in [0.1, 0.15) is 0 Å². The molecule has 0 aromatic heterocycles. The maximum Gasteiger partial charge on any atom is 0.417 e. The number of benzene rings is 1. The summed E-state index contributed by atoms with van der Waals surface area (Å²) < 4.78 is 35.5. The van der Waals surface area contributed by atoms with Crippen molar-refractivity contribution in [1.82, 2.24) is 0 Å². The predicted octanol–water partition coefficient (Wildman–Crippen LogP) is 3.16. The van der Waals surface area contributed by atoms with Crippen LogP contribution in [-0.2, 0) is 6.18 Å². The topological polar surface area (TPSA) is 0 Å². The van der Waals surface area contributed by atoms with E-state index in [9.17, 15) is 13.2 Å². The molecule has 0 nitrogen and oxygen atoms in total. The number of hydrogen-bond donors (Lipinski definition) is 0. The molecule has 0 saturated heterocycles. The minimum atomic E-state index is -4.33. The number of halogens is 4. The van der Waals surface area contributed by atoms with E-state index in [2.05, 4.69) is 0 Å². The highest BCUT2D eigenvalue weighted by Crippen LogP contribution is 2.29. The highest BCUT2D eigenvalue weighted by atomic mass is 35.5. The van der Waals surface area contributed by atoms with Crippen LogP contribution in [0.15, 0.2) is 18.2 Å². The summed E-state index contributed by atoms with van der Waals surface area (Å²) in [6.07, 6.45) is -4.33. The van der Waals surface area contributed by atoms with Crippen LogP contribution in [0.2, 0.25) is 5.02 Å². The molecule has 1 aromatic rings. The van der Waals surface area contributed by atoms with Gasteiger partial charge in [-0.3, -0.25) is 0 Å². The molecule has 1 radical (unpaired) electrons. The molecule has 0 atom stereocenters. The fraction of sp³-hybridized carbons (Fsp3) is 0.143. The van der Waals surface area contributed by atoms with Crippen molar-refractivity contribution in [3.63, 3.8) is 0 Å². The van der Waals surface area contributed by atoms with Gasteiger partial charge >= 0.3 is 6.18 Å². The fourth-order valence-electron chi connectivity index (χ4n) is 0.582. The Morgan fingerprint density at radius 2 is 1.91 bits per heavy atom. The van der Waals surface area contributed by atoms with Crippen LogP contribution in [0.1, 0.15) is 5.56 Å². The van der Waals surface area contributed by atoms with E-state index < -0.39 is 11.7 Å². The lowest BCUT2D eigenvalue weighted by Gasteiger charge is -2.04. The largest absolute Gasteiger partial charge is 0.417 e. The molecule has 0 spiro atoms. The minimum absolute atomic E-state index is 0.248. The number of alkyl halides is 3. The van der Waals surface area contributed by atoms with Crippen molar-refractivity contribution in [3.8, 4) is 0 Å². The molecule has 0 unspecified atom stereocenters. The van der Waals surface area contributed by atoms with E-state index >= 15 is 0 Å². The second kappa shape index (κ2) is 2.74. The zero-order valence-electron chi connectivity index (χ0n) is 5.24. The van der Waals surface area contributed by atoms with E-state index in [0.29, 0.717) is 0 Å². The van der Waals surface area contributed by atoms with Crippen LogP contribution in [0.5, 0.6) is 0 Å². The van der Waals surface area contributed by atoms with Crippen LogP contribution in [-0.4, -0.2) is 0 Å². The van der Waals surface area contributed by atoms with E-state index in [0.717, 1.165) is 12.1 Å². The first-order valence-electron chi connectivity index (χ1n) is 2.74. The molecule has 0 aliphatic heterocycles. The van der Waals surface area contributed by atoms with E-state index in [-0.39, 0.29) is 5.02 Å². The van der Waals surface area contributed by atoms with E-state index in [1.165, 1.54) is 6.07 Å². The molecule has 0 fully saturated rings. The van der Waals surface area contributed by atoms with Gasteiger partial charge in [0.2, 0.25) is 0 Å². The van der Waals surface area contributed by atoms with Crippen LogP contribution in [0, 0.1) is 6.07 Å². The van der Waals surface area contributed by atoms with Gasteiger partial charge in [0.25, 0.3) is 0 Å². The third-order valence-corrected chi connectivity index (χ3v) is 1.32. The Balaban J connectivity index is 2.99. The Morgan fingerprint density at radius 1 is 1.27 bits per heavy atom. The van der Waals surface area contributed by atoms with E-state index in [1.54, 1.807) is 0 Å². The molecule has 4 heteroatoms. The van der Waals surface area contributed by atoms with Crippen molar-refractivity contribution in [2.45, 2.75) is 6.18 Å². The standard InChI is InChI=1S/C7H3ClF3/c8-6-3-1-5(2-4-6)7(9,10)11/h1,3-4H. The fourth-order valence-corrected chi connectivity index (χ4v) is 0.700. The molecule has 1 aromatic carbocycles. The van der Waals surface area contributed by atoms with Gasteiger partial charge in [0.05, 0.1) is 5.56 Å². The first-order valence-corrected chi connectivity index (χ1v) is 3.12. The van der Waals surface area contributed by atoms with Crippen LogP contribution < -0.4 is 0 Å². The Kier molecular flexibility index (Phi) is 2.09. The van der Waals surface area contributed by atoms with Gasteiger partial charge in [-0.15, -0.1) is 0 Å². The van der Waals surface area contributed by atoms with E-state index in [4.69, 9.17) is 11.6 Å². The summed E-state index contributed by atoms with van der Waals surface area (Å²) in [6.45, 7) is 0. The van der Waals surface area contributed by atoms with Crippen molar-refractivity contribution in [3.05, 3.63) is 34.9 Å². The third kappa shape index (κ3) is 2.12. The molecule has 0 aliphatic rings. The normalized spacial score (nSPS) is 11.6. The predicted molar refractivity (Wildman–Crippen MR) is 35.3 cm³/mol. The van der Waals surface area contributed by atoms with Gasteiger partial charge in [-0.05, 0) is 24.3 Å². The SMILES string of the molecule is FC(F)(F)c1[c]cc(Cl)cc1. The van der Waals surface area contributed by atoms with Crippen molar-refractivity contribution in [2.24, 2.45) is 0 Å². The third-order valence-electron chi connectivity index (χ3n) is 1.08. The first kappa shape index (κ1) is 8.40. The molecule has 0 heterocycles. The highest BCUT2D eigenvalue weighted by Gasteiger charge is 2.30. The second-order valence-electron chi connectivity index (χ2n) is 1.92. The monoisotopic (exact) mass is 179 g/mol. The van der Waals surface area contributed by atoms with Gasteiger partial charge in [-0.1, -0.05) is 11.6 Å². The number of hydrogen-bond acceptors (Lipinski definition) is 0. The quantitative estimate of drug-likeness (QED) is 0.574. The summed E-state index contributed by atoms with van der Waals surface area (Å²) in [5, 5.41) is 0.248. The second-order valence-corrected chi connectivity index (χ2v) is 2.35. The smallest absolute Gasteiger partial charge is 0.166 e. The molecule has 11 heavy (non-hydrogen) atoms. The maximum atomic E-state index is 11.8. The molecule has 0 aliphatic carbocycles. The van der Waals surface area contributed by atoms with Crippen molar-refractivity contribution in [1.29, 1.82) is 0 Å². The summed E-state index contributed by atoms with van der Waals surface area (Å²) in [4.78, 5) is 0. The average molecular weight is 180 g/mol. The van der Waals surface area contributed by atoms with E-state index in [1.807, 2.05) is 6.07 Å². The van der Waals surface area contributed by atoms with Gasteiger partial charge in [0.15, 0.2) is 0 Å².